The fraction of sp³-hybridized carbons (Fsp3) is 0.316. The van der Waals surface area contributed by atoms with Crippen LogP contribution in [0.2, 0.25) is 5.02 Å². The van der Waals surface area contributed by atoms with Crippen molar-refractivity contribution in [2.75, 3.05) is 11.9 Å². The Morgan fingerprint density at radius 1 is 1.33 bits per heavy atom. The number of nitrogens with one attached hydrogen (secondary N) is 1. The second-order valence-electron chi connectivity index (χ2n) is 6.11. The van der Waals surface area contributed by atoms with E-state index in [2.05, 4.69) is 11.4 Å². The molecule has 0 radical (unpaired) electrons. The van der Waals surface area contributed by atoms with Gasteiger partial charge in [-0.05, 0) is 43.4 Å². The smallest absolute Gasteiger partial charge is 0.310 e. The fourth-order valence-corrected chi connectivity index (χ4v) is 4.46. The highest BCUT2D eigenvalue weighted by Crippen LogP contribution is 2.37. The van der Waals surface area contributed by atoms with Crippen molar-refractivity contribution in [2.24, 2.45) is 0 Å². The van der Waals surface area contributed by atoms with Crippen LogP contribution in [0.15, 0.2) is 18.2 Å². The van der Waals surface area contributed by atoms with Crippen molar-refractivity contribution in [1.82, 2.24) is 0 Å². The lowest BCUT2D eigenvalue weighted by Crippen LogP contribution is -2.21. The van der Waals surface area contributed by atoms with Gasteiger partial charge >= 0.3 is 5.97 Å². The number of aryl methyl sites for hydroxylation is 1. The molecule has 0 aliphatic heterocycles. The highest BCUT2D eigenvalue weighted by atomic mass is 35.5. The number of benzene rings is 1. The molecule has 1 amide bonds. The molecule has 1 aliphatic carbocycles. The molecule has 0 unspecified atom stereocenters. The van der Waals surface area contributed by atoms with E-state index in [0.717, 1.165) is 36.1 Å². The molecule has 1 N–H and O–H groups in total. The van der Waals surface area contributed by atoms with Crippen molar-refractivity contribution < 1.29 is 18.7 Å². The van der Waals surface area contributed by atoms with E-state index >= 15 is 0 Å². The first kappa shape index (κ1) is 19.3. The number of amides is 1. The van der Waals surface area contributed by atoms with Crippen molar-refractivity contribution in [1.29, 1.82) is 5.26 Å². The van der Waals surface area contributed by atoms with E-state index in [4.69, 9.17) is 16.3 Å². The number of hydrogen-bond donors (Lipinski definition) is 1. The Bertz CT molecular complexity index is 916. The molecule has 3 rings (SSSR count). The average Bonchev–Trinajstić information content (AvgIpc) is 3.00. The van der Waals surface area contributed by atoms with Gasteiger partial charge < -0.3 is 10.1 Å². The SMILES string of the molecule is N#Cc1c(NC(=O)COC(=O)Cc2c(F)cccc2Cl)sc2c1CCCC2. The molecule has 5 nitrogen and oxygen atoms in total. The lowest BCUT2D eigenvalue weighted by Gasteiger charge is -2.09. The normalized spacial score (nSPS) is 12.8. The van der Waals surface area contributed by atoms with E-state index in [1.165, 1.54) is 29.5 Å². The molecular weight excluding hydrogens is 391 g/mol. The minimum Gasteiger partial charge on any atom is -0.455 e. The maximum absolute atomic E-state index is 13.7. The quantitative estimate of drug-likeness (QED) is 0.760. The zero-order chi connectivity index (χ0) is 19.4. The number of nitrogens with zero attached hydrogens (tertiary/aromatic N) is 1. The number of hydrogen-bond acceptors (Lipinski definition) is 5. The van der Waals surface area contributed by atoms with Crippen LogP contribution in [-0.2, 0) is 33.6 Å². The van der Waals surface area contributed by atoms with E-state index in [1.807, 2.05) is 0 Å². The minimum atomic E-state index is -0.761. The predicted octanol–water partition coefficient (Wildman–Crippen LogP) is 4.02. The average molecular weight is 407 g/mol. The molecule has 0 atom stereocenters. The van der Waals surface area contributed by atoms with Crippen LogP contribution < -0.4 is 5.32 Å². The summed E-state index contributed by atoms with van der Waals surface area (Å²) >= 11 is 7.26. The molecule has 0 fully saturated rings. The summed E-state index contributed by atoms with van der Waals surface area (Å²) < 4.78 is 18.6. The number of halogens is 2. The van der Waals surface area contributed by atoms with Crippen LogP contribution >= 0.6 is 22.9 Å². The zero-order valence-electron chi connectivity index (χ0n) is 14.3. The number of rotatable bonds is 5. The Balaban J connectivity index is 1.58. The number of thiophene rings is 1. The van der Waals surface area contributed by atoms with Crippen molar-refractivity contribution in [3.05, 3.63) is 50.6 Å². The molecule has 0 bridgehead atoms. The van der Waals surface area contributed by atoms with Gasteiger partial charge in [-0.1, -0.05) is 17.7 Å². The Hall–Kier alpha value is -2.43. The maximum atomic E-state index is 13.7. The molecule has 0 saturated heterocycles. The minimum absolute atomic E-state index is 0.0299. The summed E-state index contributed by atoms with van der Waals surface area (Å²) in [7, 11) is 0. The van der Waals surface area contributed by atoms with Crippen LogP contribution in [0.5, 0.6) is 0 Å². The molecule has 2 aromatic rings. The van der Waals surface area contributed by atoms with Crippen LogP contribution in [0.1, 0.15) is 34.4 Å². The first-order chi connectivity index (χ1) is 13.0. The Morgan fingerprint density at radius 2 is 2.11 bits per heavy atom. The van der Waals surface area contributed by atoms with Crippen LogP contribution in [0.25, 0.3) is 0 Å². The Labute approximate surface area is 164 Å². The van der Waals surface area contributed by atoms with Gasteiger partial charge in [0, 0.05) is 15.5 Å². The van der Waals surface area contributed by atoms with Crippen molar-refractivity contribution >= 4 is 39.8 Å². The third-order valence-electron chi connectivity index (χ3n) is 4.28. The molecule has 1 aromatic heterocycles. The summed E-state index contributed by atoms with van der Waals surface area (Å²) in [5, 5.41) is 12.6. The van der Waals surface area contributed by atoms with Gasteiger partial charge in [0.1, 0.15) is 16.9 Å². The van der Waals surface area contributed by atoms with Crippen molar-refractivity contribution in [3.8, 4) is 6.07 Å². The topological polar surface area (TPSA) is 79.2 Å². The molecule has 1 aliphatic rings. The Kier molecular flexibility index (Phi) is 6.09. The first-order valence-corrected chi connectivity index (χ1v) is 9.62. The van der Waals surface area contributed by atoms with Crippen LogP contribution in [-0.4, -0.2) is 18.5 Å². The second-order valence-corrected chi connectivity index (χ2v) is 7.63. The largest absolute Gasteiger partial charge is 0.455 e. The fourth-order valence-electron chi connectivity index (χ4n) is 2.98. The van der Waals surface area contributed by atoms with Gasteiger partial charge in [0.05, 0.1) is 12.0 Å². The number of esters is 1. The van der Waals surface area contributed by atoms with Gasteiger partial charge in [-0.2, -0.15) is 5.26 Å². The van der Waals surface area contributed by atoms with Gasteiger partial charge in [-0.15, -0.1) is 11.3 Å². The summed E-state index contributed by atoms with van der Waals surface area (Å²) in [5.41, 5.74) is 1.53. The number of carbonyl (C=O) groups excluding carboxylic acids is 2. The third kappa shape index (κ3) is 4.46. The number of ether oxygens (including phenoxy) is 1. The summed E-state index contributed by atoms with van der Waals surface area (Å²) in [5.74, 6) is -1.91. The summed E-state index contributed by atoms with van der Waals surface area (Å²) in [6, 6.07) is 6.26. The summed E-state index contributed by atoms with van der Waals surface area (Å²) in [4.78, 5) is 25.1. The number of carbonyl (C=O) groups is 2. The van der Waals surface area contributed by atoms with Crippen LogP contribution in [0.3, 0.4) is 0 Å². The molecule has 8 heteroatoms. The van der Waals surface area contributed by atoms with Gasteiger partial charge in [0.15, 0.2) is 6.61 Å². The molecule has 0 spiro atoms. The molecule has 0 saturated carbocycles. The van der Waals surface area contributed by atoms with Crippen LogP contribution in [0.4, 0.5) is 9.39 Å². The van der Waals surface area contributed by atoms with Crippen LogP contribution in [0, 0.1) is 17.1 Å². The van der Waals surface area contributed by atoms with E-state index in [-0.39, 0.29) is 17.0 Å². The third-order valence-corrected chi connectivity index (χ3v) is 5.84. The second kappa shape index (κ2) is 8.51. The van der Waals surface area contributed by atoms with Gasteiger partial charge in [0.25, 0.3) is 5.91 Å². The zero-order valence-corrected chi connectivity index (χ0v) is 15.9. The van der Waals surface area contributed by atoms with E-state index < -0.39 is 24.3 Å². The molecule has 27 heavy (non-hydrogen) atoms. The van der Waals surface area contributed by atoms with Crippen molar-refractivity contribution in [2.45, 2.75) is 32.1 Å². The standard InChI is InChI=1S/C19H16ClFN2O3S/c20-14-5-3-6-15(21)12(14)8-18(25)26-10-17(24)23-19-13(9-22)11-4-1-2-7-16(11)27-19/h3,5-6H,1-2,4,7-8,10H2,(H,23,24). The number of fused-ring (bicyclic) bond motifs is 1. The number of nitriles is 1. The monoisotopic (exact) mass is 406 g/mol. The van der Waals surface area contributed by atoms with Crippen molar-refractivity contribution in [3.63, 3.8) is 0 Å². The predicted molar refractivity (Wildman–Crippen MR) is 100 cm³/mol. The molecular formula is C19H16ClFN2O3S. The van der Waals surface area contributed by atoms with E-state index in [0.29, 0.717) is 10.6 Å². The Morgan fingerprint density at radius 3 is 2.85 bits per heavy atom. The maximum Gasteiger partial charge on any atom is 0.310 e. The van der Waals surface area contributed by atoms with Gasteiger partial charge in [-0.25, -0.2) is 4.39 Å². The molecule has 1 aromatic carbocycles. The van der Waals surface area contributed by atoms with Gasteiger partial charge in [-0.3, -0.25) is 9.59 Å². The van der Waals surface area contributed by atoms with E-state index in [9.17, 15) is 19.2 Å². The van der Waals surface area contributed by atoms with E-state index in [1.54, 1.807) is 0 Å². The summed E-state index contributed by atoms with van der Waals surface area (Å²) in [6.45, 7) is -0.516. The lowest BCUT2D eigenvalue weighted by atomic mass is 9.96. The summed E-state index contributed by atoms with van der Waals surface area (Å²) in [6.07, 6.45) is 3.48. The highest BCUT2D eigenvalue weighted by molar-refractivity contribution is 7.16. The number of anilines is 1. The van der Waals surface area contributed by atoms with Gasteiger partial charge in [0.2, 0.25) is 0 Å². The molecule has 140 valence electrons. The molecule has 1 heterocycles. The highest BCUT2D eigenvalue weighted by Gasteiger charge is 2.22. The lowest BCUT2D eigenvalue weighted by molar-refractivity contribution is -0.146. The first-order valence-electron chi connectivity index (χ1n) is 8.42.